The summed E-state index contributed by atoms with van der Waals surface area (Å²) >= 11 is 0. The average Bonchev–Trinajstić information content (AvgIpc) is 2.73. The molecule has 1 saturated carbocycles. The third kappa shape index (κ3) is 2.70. The number of fused-ring (bicyclic) bond motifs is 3. The third-order valence-electron chi connectivity index (χ3n) is 8.37. The third-order valence-corrected chi connectivity index (χ3v) is 8.37. The second kappa shape index (κ2) is 7.28. The van der Waals surface area contributed by atoms with Crippen molar-refractivity contribution in [3.8, 4) is 5.75 Å². The van der Waals surface area contributed by atoms with Crippen molar-refractivity contribution < 1.29 is 34.8 Å². The van der Waals surface area contributed by atoms with Crippen molar-refractivity contribution in [2.45, 2.75) is 66.4 Å². The molecule has 0 aliphatic heterocycles. The van der Waals surface area contributed by atoms with Gasteiger partial charge in [-0.1, -0.05) is 40.7 Å². The molecule has 7 heteroatoms. The van der Waals surface area contributed by atoms with Crippen LogP contribution < -0.4 is 0 Å². The summed E-state index contributed by atoms with van der Waals surface area (Å²) in [6, 6.07) is 3.17. The first-order valence-corrected chi connectivity index (χ1v) is 11.7. The number of aliphatic hydroxyl groups excluding tert-OH is 2. The number of Topliss-reactive ketones (excluding diaryl/α,β-unsaturated/α-hetero) is 3. The van der Waals surface area contributed by atoms with E-state index in [1.807, 2.05) is 6.92 Å². The summed E-state index contributed by atoms with van der Waals surface area (Å²) in [6.45, 7) is 10.4. The highest BCUT2D eigenvalue weighted by Gasteiger charge is 2.72. The van der Waals surface area contributed by atoms with E-state index in [1.165, 1.54) is 13.0 Å². The molecular formula is C27H32O7. The standard InChI is InChI=1S/C27H32O7/c1-7-15(28)18-22(31)19(12(2)3)26(6)11-25(5)10-14-13(4)8-9-16(29)17(14)21(30)20(25)24(33)27(26,34)23(18)32/h8-9,12,19,29-30,32,34H,7,10-11H2,1-6H3/t19?,25-,26-,27+/m1/s1. The number of phenols is 1. The maximum atomic E-state index is 14.1. The molecule has 3 aliphatic rings. The topological polar surface area (TPSA) is 132 Å². The monoisotopic (exact) mass is 468 g/mol. The van der Waals surface area contributed by atoms with Crippen molar-refractivity contribution in [2.24, 2.45) is 22.7 Å². The molecule has 4 atom stereocenters. The quantitative estimate of drug-likeness (QED) is 0.495. The average molecular weight is 469 g/mol. The molecule has 0 bridgehead atoms. The molecule has 1 unspecified atom stereocenters. The Morgan fingerprint density at radius 2 is 1.76 bits per heavy atom. The van der Waals surface area contributed by atoms with Crippen LogP contribution in [-0.2, 0) is 20.8 Å². The molecule has 1 aromatic carbocycles. The predicted octanol–water partition coefficient (Wildman–Crippen LogP) is 3.89. The van der Waals surface area contributed by atoms with Crippen molar-refractivity contribution in [3.05, 3.63) is 45.7 Å². The molecule has 0 heterocycles. The van der Waals surface area contributed by atoms with Gasteiger partial charge in [0, 0.05) is 28.7 Å². The first kappa shape index (κ1) is 24.2. The molecule has 0 saturated heterocycles. The van der Waals surface area contributed by atoms with Crippen LogP contribution in [0, 0.1) is 29.6 Å². The van der Waals surface area contributed by atoms with E-state index in [2.05, 4.69) is 0 Å². The van der Waals surface area contributed by atoms with E-state index in [1.54, 1.807) is 33.8 Å². The summed E-state index contributed by atoms with van der Waals surface area (Å²) in [6.07, 6.45) is 0.315. The van der Waals surface area contributed by atoms with Gasteiger partial charge in [-0.05, 0) is 42.9 Å². The molecule has 34 heavy (non-hydrogen) atoms. The van der Waals surface area contributed by atoms with Crippen LogP contribution in [0.4, 0.5) is 0 Å². The van der Waals surface area contributed by atoms with Crippen LogP contribution >= 0.6 is 0 Å². The smallest absolute Gasteiger partial charge is 0.203 e. The van der Waals surface area contributed by atoms with Crippen molar-refractivity contribution in [1.82, 2.24) is 0 Å². The lowest BCUT2D eigenvalue weighted by Crippen LogP contribution is -2.69. The van der Waals surface area contributed by atoms with E-state index in [0.717, 1.165) is 5.56 Å². The van der Waals surface area contributed by atoms with Crippen LogP contribution in [0.15, 0.2) is 29.0 Å². The zero-order chi connectivity index (χ0) is 25.5. The fourth-order valence-corrected chi connectivity index (χ4v) is 6.97. The van der Waals surface area contributed by atoms with E-state index in [9.17, 15) is 34.8 Å². The zero-order valence-corrected chi connectivity index (χ0v) is 20.4. The fourth-order valence-electron chi connectivity index (χ4n) is 6.97. The summed E-state index contributed by atoms with van der Waals surface area (Å²) < 4.78 is 0. The van der Waals surface area contributed by atoms with Gasteiger partial charge in [-0.15, -0.1) is 0 Å². The highest BCUT2D eigenvalue weighted by molar-refractivity contribution is 6.25. The first-order chi connectivity index (χ1) is 15.7. The normalized spacial score (nSPS) is 33.1. The SMILES string of the molecule is CCC(=O)C1=C(O)[C@]2(O)C(=O)C3=C(O)c4c(O)ccc(C)c4C[C@]3(C)C[C@]2(C)C(C(C)C)C1=O. The molecule has 0 spiro atoms. The maximum absolute atomic E-state index is 14.1. The number of aliphatic hydroxyl groups is 3. The minimum absolute atomic E-state index is 0.0802. The Labute approximate surface area is 198 Å². The summed E-state index contributed by atoms with van der Waals surface area (Å²) in [5.41, 5.74) is -3.97. The molecule has 3 aliphatic carbocycles. The molecular weight excluding hydrogens is 436 g/mol. The van der Waals surface area contributed by atoms with Gasteiger partial charge in [-0.2, -0.15) is 0 Å². The van der Waals surface area contributed by atoms with E-state index in [4.69, 9.17) is 0 Å². The number of hydrogen-bond donors (Lipinski definition) is 4. The van der Waals surface area contributed by atoms with Gasteiger partial charge in [0.25, 0.3) is 0 Å². The summed E-state index contributed by atoms with van der Waals surface area (Å²) in [5, 5.41) is 45.0. The zero-order valence-electron chi connectivity index (χ0n) is 20.4. The summed E-state index contributed by atoms with van der Waals surface area (Å²) in [4.78, 5) is 40.4. The van der Waals surface area contributed by atoms with Crippen LogP contribution in [0.1, 0.15) is 64.2 Å². The van der Waals surface area contributed by atoms with E-state index >= 15 is 0 Å². The Hall–Kier alpha value is -2.93. The van der Waals surface area contributed by atoms with Gasteiger partial charge in [-0.25, -0.2) is 0 Å². The van der Waals surface area contributed by atoms with Crippen LogP contribution in [0.25, 0.3) is 5.76 Å². The number of rotatable bonds is 3. The van der Waals surface area contributed by atoms with Crippen LogP contribution in [0.3, 0.4) is 0 Å². The molecule has 0 aromatic heterocycles. The highest BCUT2D eigenvalue weighted by Crippen LogP contribution is 2.65. The summed E-state index contributed by atoms with van der Waals surface area (Å²) in [5.74, 6) is -4.97. The minimum atomic E-state index is -2.57. The number of benzene rings is 1. The first-order valence-electron chi connectivity index (χ1n) is 11.7. The lowest BCUT2D eigenvalue weighted by atomic mass is 9.43. The van der Waals surface area contributed by atoms with Crippen LogP contribution in [-0.4, -0.2) is 43.4 Å². The largest absolute Gasteiger partial charge is 0.508 e. The number of carbonyl (C=O) groups is 3. The summed E-state index contributed by atoms with van der Waals surface area (Å²) in [7, 11) is 0. The molecule has 0 amide bonds. The Morgan fingerprint density at radius 1 is 1.15 bits per heavy atom. The molecule has 4 rings (SSSR count). The van der Waals surface area contributed by atoms with Crippen molar-refractivity contribution in [3.63, 3.8) is 0 Å². The van der Waals surface area contributed by atoms with Crippen LogP contribution in [0.5, 0.6) is 5.75 Å². The molecule has 7 nitrogen and oxygen atoms in total. The van der Waals surface area contributed by atoms with E-state index in [-0.39, 0.29) is 35.6 Å². The number of aryl methyl sites for hydroxylation is 1. The van der Waals surface area contributed by atoms with Gasteiger partial charge in [0.15, 0.2) is 17.2 Å². The number of allylic oxidation sites excluding steroid dienone is 1. The second-order valence-corrected chi connectivity index (χ2v) is 10.9. The number of hydrogen-bond acceptors (Lipinski definition) is 7. The van der Waals surface area contributed by atoms with E-state index < -0.39 is 56.8 Å². The number of ketones is 3. The lowest BCUT2D eigenvalue weighted by molar-refractivity contribution is -0.178. The second-order valence-electron chi connectivity index (χ2n) is 10.9. The fraction of sp³-hybridized carbons (Fsp3) is 0.519. The molecule has 0 radical (unpaired) electrons. The van der Waals surface area contributed by atoms with Crippen molar-refractivity contribution in [1.29, 1.82) is 0 Å². The lowest BCUT2D eigenvalue weighted by Gasteiger charge is -2.59. The molecule has 4 N–H and O–H groups in total. The Balaban J connectivity index is 2.10. The van der Waals surface area contributed by atoms with Crippen LogP contribution in [0.2, 0.25) is 0 Å². The van der Waals surface area contributed by atoms with Gasteiger partial charge >= 0.3 is 0 Å². The Kier molecular flexibility index (Phi) is 5.18. The minimum Gasteiger partial charge on any atom is -0.508 e. The van der Waals surface area contributed by atoms with Gasteiger partial charge in [0.05, 0.1) is 5.56 Å². The van der Waals surface area contributed by atoms with E-state index in [0.29, 0.717) is 12.0 Å². The Morgan fingerprint density at radius 3 is 2.32 bits per heavy atom. The maximum Gasteiger partial charge on any atom is 0.203 e. The number of carbonyl (C=O) groups excluding carboxylic acids is 3. The van der Waals surface area contributed by atoms with Gasteiger partial charge in [-0.3, -0.25) is 14.4 Å². The van der Waals surface area contributed by atoms with Crippen molar-refractivity contribution in [2.75, 3.05) is 0 Å². The Bertz CT molecular complexity index is 1220. The predicted molar refractivity (Wildman–Crippen MR) is 125 cm³/mol. The molecule has 182 valence electrons. The van der Waals surface area contributed by atoms with Gasteiger partial charge in [0.2, 0.25) is 5.78 Å². The van der Waals surface area contributed by atoms with Crippen molar-refractivity contribution >= 4 is 23.1 Å². The number of phenolic OH excluding ortho intramolecular Hbond substituents is 1. The van der Waals surface area contributed by atoms with Gasteiger partial charge < -0.3 is 20.4 Å². The number of aromatic hydroxyl groups is 1. The molecule has 1 fully saturated rings. The van der Waals surface area contributed by atoms with Gasteiger partial charge in [0.1, 0.15) is 22.8 Å². The molecule has 1 aromatic rings. The highest BCUT2D eigenvalue weighted by atomic mass is 16.3.